The first-order valence-electron chi connectivity index (χ1n) is 4.51. The molecule has 2 heterocycles. The second-order valence-electron chi connectivity index (χ2n) is 3.24. The van der Waals surface area contributed by atoms with E-state index in [9.17, 15) is 4.79 Å². The fourth-order valence-corrected chi connectivity index (χ4v) is 1.58. The Morgan fingerprint density at radius 3 is 2.94 bits per heavy atom. The van der Waals surface area contributed by atoms with Crippen LogP contribution in [0.5, 0.6) is 0 Å². The molecule has 0 amide bonds. The predicted octanol–water partition coefficient (Wildman–Crippen LogP) is 1.02. The number of rotatable bonds is 3. The van der Waals surface area contributed by atoms with Crippen LogP contribution in [0.1, 0.15) is 0 Å². The van der Waals surface area contributed by atoms with Gasteiger partial charge in [-0.15, -0.1) is 0 Å². The lowest BCUT2D eigenvalue weighted by atomic mass is 10.3. The summed E-state index contributed by atoms with van der Waals surface area (Å²) in [5.41, 5.74) is 1.39. The lowest BCUT2D eigenvalue weighted by Gasteiger charge is -1.98. The first-order valence-corrected chi connectivity index (χ1v) is 4.89. The maximum atomic E-state index is 10.5. The molecule has 2 aromatic heterocycles. The van der Waals surface area contributed by atoms with Gasteiger partial charge in [0.05, 0.1) is 5.69 Å². The molecule has 0 aromatic carbocycles. The quantitative estimate of drug-likeness (QED) is 0.870. The molecule has 2 rings (SSSR count). The Labute approximate surface area is 96.1 Å². The van der Waals surface area contributed by atoms with Crippen LogP contribution in [-0.4, -0.2) is 30.6 Å². The van der Waals surface area contributed by atoms with E-state index in [1.165, 1.54) is 4.68 Å². The second kappa shape index (κ2) is 3.97. The summed E-state index contributed by atoms with van der Waals surface area (Å²) in [6.07, 6.45) is 1.64. The number of hydrogen-bond donors (Lipinski definition) is 1. The van der Waals surface area contributed by atoms with Gasteiger partial charge in [0, 0.05) is 19.3 Å². The van der Waals surface area contributed by atoms with Gasteiger partial charge in [-0.1, -0.05) is 11.6 Å². The Hall–Kier alpha value is -1.82. The Morgan fingerprint density at radius 1 is 1.62 bits per heavy atom. The minimum absolute atomic E-state index is 0.253. The molecule has 1 N–H and O–H groups in total. The molecular formula is C9H9ClN4O2. The number of nitrogens with zero attached hydrogens (tertiary/aromatic N) is 4. The molecule has 0 unspecified atom stereocenters. The summed E-state index contributed by atoms with van der Waals surface area (Å²) in [6.45, 7) is -0.253. The highest BCUT2D eigenvalue weighted by atomic mass is 35.5. The molecule has 0 saturated heterocycles. The van der Waals surface area contributed by atoms with Crippen LogP contribution >= 0.6 is 11.6 Å². The van der Waals surface area contributed by atoms with Crippen LogP contribution < -0.4 is 0 Å². The molecule has 0 spiro atoms. The van der Waals surface area contributed by atoms with Crippen molar-refractivity contribution < 1.29 is 9.90 Å². The number of carboxylic acid groups (broad SMARTS) is 1. The van der Waals surface area contributed by atoms with Crippen molar-refractivity contribution in [3.63, 3.8) is 0 Å². The van der Waals surface area contributed by atoms with Crippen molar-refractivity contribution in [3.8, 4) is 11.4 Å². The van der Waals surface area contributed by atoms with Gasteiger partial charge in [0.15, 0.2) is 0 Å². The molecule has 0 aliphatic rings. The van der Waals surface area contributed by atoms with Gasteiger partial charge < -0.3 is 5.11 Å². The van der Waals surface area contributed by atoms with Gasteiger partial charge in [0.2, 0.25) is 0 Å². The molecule has 0 fully saturated rings. The molecular weight excluding hydrogens is 232 g/mol. The summed E-state index contributed by atoms with van der Waals surface area (Å²) >= 11 is 5.87. The molecule has 16 heavy (non-hydrogen) atoms. The molecule has 2 aromatic rings. The normalized spacial score (nSPS) is 10.6. The van der Waals surface area contributed by atoms with E-state index in [2.05, 4.69) is 10.2 Å². The first kappa shape index (κ1) is 10.7. The number of aliphatic carboxylic acids is 1. The molecule has 0 saturated carbocycles. The van der Waals surface area contributed by atoms with Gasteiger partial charge in [-0.05, 0) is 6.07 Å². The molecule has 0 atom stereocenters. The van der Waals surface area contributed by atoms with Crippen molar-refractivity contribution in [2.45, 2.75) is 6.54 Å². The van der Waals surface area contributed by atoms with Crippen LogP contribution in [0.25, 0.3) is 11.4 Å². The third-order valence-corrected chi connectivity index (χ3v) is 2.40. The average Bonchev–Trinajstić information content (AvgIpc) is 2.73. The highest BCUT2D eigenvalue weighted by Gasteiger charge is 2.12. The highest BCUT2D eigenvalue weighted by Crippen LogP contribution is 2.20. The van der Waals surface area contributed by atoms with Gasteiger partial charge in [-0.3, -0.25) is 9.48 Å². The molecule has 0 aliphatic heterocycles. The largest absolute Gasteiger partial charge is 0.480 e. The fraction of sp³-hybridized carbons (Fsp3) is 0.222. The number of aromatic nitrogens is 4. The molecule has 0 bridgehead atoms. The summed E-state index contributed by atoms with van der Waals surface area (Å²) in [6, 6.07) is 3.39. The van der Waals surface area contributed by atoms with Gasteiger partial charge in [-0.25, -0.2) is 4.68 Å². The van der Waals surface area contributed by atoms with E-state index in [4.69, 9.17) is 16.7 Å². The fourth-order valence-electron chi connectivity index (χ4n) is 1.38. The lowest BCUT2D eigenvalue weighted by molar-refractivity contribution is -0.137. The predicted molar refractivity (Wildman–Crippen MR) is 57.1 cm³/mol. The van der Waals surface area contributed by atoms with Crippen LogP contribution in [0.15, 0.2) is 18.3 Å². The Morgan fingerprint density at radius 2 is 2.38 bits per heavy atom. The Kier molecular flexibility index (Phi) is 2.66. The average molecular weight is 241 g/mol. The van der Waals surface area contributed by atoms with E-state index in [0.29, 0.717) is 10.8 Å². The van der Waals surface area contributed by atoms with Gasteiger partial charge in [0.25, 0.3) is 0 Å². The highest BCUT2D eigenvalue weighted by molar-refractivity contribution is 6.29. The minimum atomic E-state index is -0.985. The number of carboxylic acids is 1. The van der Waals surface area contributed by atoms with Crippen LogP contribution in [-0.2, 0) is 18.4 Å². The van der Waals surface area contributed by atoms with Gasteiger partial charge in [0.1, 0.15) is 17.4 Å². The maximum absolute atomic E-state index is 10.5. The van der Waals surface area contributed by atoms with E-state index in [0.717, 1.165) is 5.69 Å². The van der Waals surface area contributed by atoms with Crippen molar-refractivity contribution in [2.24, 2.45) is 7.05 Å². The third kappa shape index (κ3) is 1.92. The van der Waals surface area contributed by atoms with Crippen molar-refractivity contribution in [1.29, 1.82) is 0 Å². The third-order valence-electron chi connectivity index (χ3n) is 2.10. The van der Waals surface area contributed by atoms with E-state index in [-0.39, 0.29) is 6.54 Å². The van der Waals surface area contributed by atoms with Crippen molar-refractivity contribution in [2.75, 3.05) is 0 Å². The van der Waals surface area contributed by atoms with E-state index in [1.807, 2.05) is 0 Å². The Bertz CT molecular complexity index is 531. The summed E-state index contributed by atoms with van der Waals surface area (Å²) in [4.78, 5) is 10.5. The van der Waals surface area contributed by atoms with Crippen molar-refractivity contribution >= 4 is 17.6 Å². The van der Waals surface area contributed by atoms with E-state index in [1.54, 1.807) is 30.1 Å². The SMILES string of the molecule is Cn1nccc1-c1cc(Cl)n(CC(=O)O)n1. The zero-order valence-electron chi connectivity index (χ0n) is 8.46. The molecule has 0 radical (unpaired) electrons. The number of carbonyl (C=O) groups is 1. The van der Waals surface area contributed by atoms with E-state index < -0.39 is 5.97 Å². The number of halogens is 1. The lowest BCUT2D eigenvalue weighted by Crippen LogP contribution is -2.10. The van der Waals surface area contributed by atoms with Crippen LogP contribution in [0.3, 0.4) is 0 Å². The van der Waals surface area contributed by atoms with Crippen LogP contribution in [0, 0.1) is 0 Å². The zero-order valence-corrected chi connectivity index (χ0v) is 9.22. The van der Waals surface area contributed by atoms with E-state index >= 15 is 0 Å². The van der Waals surface area contributed by atoms with Crippen LogP contribution in [0.2, 0.25) is 5.15 Å². The topological polar surface area (TPSA) is 72.9 Å². The zero-order chi connectivity index (χ0) is 11.7. The van der Waals surface area contributed by atoms with Crippen LogP contribution in [0.4, 0.5) is 0 Å². The molecule has 7 heteroatoms. The number of aryl methyl sites for hydroxylation is 1. The summed E-state index contributed by atoms with van der Waals surface area (Å²) in [5, 5.41) is 17.0. The summed E-state index contributed by atoms with van der Waals surface area (Å²) in [7, 11) is 1.78. The summed E-state index contributed by atoms with van der Waals surface area (Å²) in [5.74, 6) is -0.985. The molecule has 6 nitrogen and oxygen atoms in total. The first-order chi connectivity index (χ1) is 7.58. The molecule has 0 aliphatic carbocycles. The molecule has 84 valence electrons. The second-order valence-corrected chi connectivity index (χ2v) is 3.63. The monoisotopic (exact) mass is 240 g/mol. The van der Waals surface area contributed by atoms with Crippen molar-refractivity contribution in [1.82, 2.24) is 19.6 Å². The van der Waals surface area contributed by atoms with Gasteiger partial charge >= 0.3 is 5.97 Å². The van der Waals surface area contributed by atoms with Gasteiger partial charge in [-0.2, -0.15) is 10.2 Å². The van der Waals surface area contributed by atoms with Crippen molar-refractivity contribution in [3.05, 3.63) is 23.5 Å². The summed E-state index contributed by atoms with van der Waals surface area (Å²) < 4.78 is 2.87. The Balaban J connectivity index is 2.38. The smallest absolute Gasteiger partial charge is 0.325 e. The standard InChI is InChI=1S/C9H9ClN4O2/c1-13-7(2-3-11-13)6-4-8(10)14(12-6)5-9(15)16/h2-4H,5H2,1H3,(H,15,16). The minimum Gasteiger partial charge on any atom is -0.480 e. The maximum Gasteiger partial charge on any atom is 0.325 e. The number of hydrogen-bond acceptors (Lipinski definition) is 3.